The molecule has 1 amide bonds. The molecule has 0 aromatic carbocycles. The summed E-state index contributed by atoms with van der Waals surface area (Å²) >= 11 is 0. The number of nitrogen functional groups attached to an aromatic ring is 1. The molecular weight excluding hydrogens is 368 g/mol. The molecular formula is C17H22N6O3S. The van der Waals surface area contributed by atoms with Crippen LogP contribution in [0.2, 0.25) is 0 Å². The molecule has 10 heteroatoms. The molecule has 1 unspecified atom stereocenters. The largest absolute Gasteiger partial charge is 0.382 e. The van der Waals surface area contributed by atoms with Gasteiger partial charge in [0.2, 0.25) is 15.9 Å². The van der Waals surface area contributed by atoms with Gasteiger partial charge in [0, 0.05) is 30.9 Å². The average Bonchev–Trinajstić information content (AvgIpc) is 2.90. The van der Waals surface area contributed by atoms with E-state index in [2.05, 4.69) is 15.3 Å². The van der Waals surface area contributed by atoms with Crippen molar-refractivity contribution in [3.8, 4) is 11.1 Å². The third-order valence-electron chi connectivity index (χ3n) is 4.41. The van der Waals surface area contributed by atoms with Crippen molar-refractivity contribution in [3.05, 3.63) is 30.6 Å². The lowest BCUT2D eigenvalue weighted by molar-refractivity contribution is -0.114. The molecule has 1 fully saturated rings. The molecule has 144 valence electrons. The van der Waals surface area contributed by atoms with E-state index in [1.165, 1.54) is 11.2 Å². The Morgan fingerprint density at radius 3 is 2.67 bits per heavy atom. The Hall–Kier alpha value is -2.72. The molecule has 9 nitrogen and oxygen atoms in total. The van der Waals surface area contributed by atoms with Crippen LogP contribution in [0, 0.1) is 0 Å². The number of hydrogen-bond acceptors (Lipinski definition) is 7. The Morgan fingerprint density at radius 1 is 1.30 bits per heavy atom. The summed E-state index contributed by atoms with van der Waals surface area (Å²) < 4.78 is 26.5. The molecule has 0 saturated carbocycles. The van der Waals surface area contributed by atoms with Crippen molar-refractivity contribution in [1.29, 1.82) is 0 Å². The van der Waals surface area contributed by atoms with Crippen LogP contribution in [0.5, 0.6) is 0 Å². The Morgan fingerprint density at radius 2 is 2.04 bits per heavy atom. The minimum Gasteiger partial charge on any atom is -0.382 e. The predicted octanol–water partition coefficient (Wildman–Crippen LogP) is 0.764. The van der Waals surface area contributed by atoms with Gasteiger partial charge in [-0.2, -0.15) is 0 Å². The number of carbonyl (C=O) groups excluding carboxylic acids is 1. The monoisotopic (exact) mass is 390 g/mol. The van der Waals surface area contributed by atoms with Gasteiger partial charge in [0.05, 0.1) is 18.0 Å². The van der Waals surface area contributed by atoms with Gasteiger partial charge < -0.3 is 16.0 Å². The lowest BCUT2D eigenvalue weighted by Crippen LogP contribution is -2.33. The second-order valence-corrected chi connectivity index (χ2v) is 8.60. The van der Waals surface area contributed by atoms with Crippen molar-refractivity contribution < 1.29 is 13.2 Å². The van der Waals surface area contributed by atoms with Crippen LogP contribution in [0.1, 0.15) is 6.92 Å². The first kappa shape index (κ1) is 19.1. The highest BCUT2D eigenvalue weighted by Gasteiger charge is 2.38. The Balaban J connectivity index is 2.00. The molecule has 1 aliphatic heterocycles. The van der Waals surface area contributed by atoms with Crippen LogP contribution in [0.15, 0.2) is 30.6 Å². The van der Waals surface area contributed by atoms with Crippen LogP contribution in [-0.2, 0) is 14.8 Å². The summed E-state index contributed by atoms with van der Waals surface area (Å²) in [4.78, 5) is 21.4. The van der Waals surface area contributed by atoms with Crippen molar-refractivity contribution in [2.24, 2.45) is 0 Å². The van der Waals surface area contributed by atoms with Crippen LogP contribution in [0.25, 0.3) is 11.1 Å². The van der Waals surface area contributed by atoms with Gasteiger partial charge in [-0.1, -0.05) is 0 Å². The van der Waals surface area contributed by atoms with Gasteiger partial charge in [0.15, 0.2) is 0 Å². The van der Waals surface area contributed by atoms with E-state index in [1.54, 1.807) is 30.6 Å². The number of rotatable bonds is 4. The summed E-state index contributed by atoms with van der Waals surface area (Å²) in [6, 6.07) is 5.03. The molecule has 2 aromatic heterocycles. The van der Waals surface area contributed by atoms with Gasteiger partial charge in [0.1, 0.15) is 11.6 Å². The number of nitrogens with zero attached hydrogens (tertiary/aromatic N) is 4. The molecule has 0 bridgehead atoms. The number of likely N-dealkylation sites (N-methyl/N-ethyl adjacent to an activating group) is 1. The fourth-order valence-corrected chi connectivity index (χ4v) is 4.85. The van der Waals surface area contributed by atoms with Crippen LogP contribution >= 0.6 is 0 Å². The van der Waals surface area contributed by atoms with Crippen molar-refractivity contribution in [1.82, 2.24) is 14.9 Å². The Kier molecular flexibility index (Phi) is 5.03. The zero-order valence-electron chi connectivity index (χ0n) is 15.4. The molecule has 0 spiro atoms. The van der Waals surface area contributed by atoms with E-state index < -0.39 is 10.0 Å². The van der Waals surface area contributed by atoms with Gasteiger partial charge in [-0.05, 0) is 37.9 Å². The highest BCUT2D eigenvalue weighted by atomic mass is 32.2. The maximum Gasteiger partial charge on any atom is 0.236 e. The third-order valence-corrected chi connectivity index (χ3v) is 6.23. The first-order chi connectivity index (χ1) is 12.7. The summed E-state index contributed by atoms with van der Waals surface area (Å²) in [5, 5.41) is 2.62. The van der Waals surface area contributed by atoms with E-state index in [0.717, 1.165) is 5.56 Å². The van der Waals surface area contributed by atoms with E-state index in [0.29, 0.717) is 23.6 Å². The maximum absolute atomic E-state index is 12.6. The number of nitrogens with two attached hydrogens (primary N) is 1. The predicted molar refractivity (Wildman–Crippen MR) is 105 cm³/mol. The molecule has 1 saturated heterocycles. The molecule has 1 aliphatic rings. The van der Waals surface area contributed by atoms with Gasteiger partial charge in [-0.3, -0.25) is 9.10 Å². The molecule has 2 aromatic rings. The molecule has 0 radical (unpaired) electrons. The highest BCUT2D eigenvalue weighted by Crippen LogP contribution is 2.33. The number of aromatic nitrogens is 2. The van der Waals surface area contributed by atoms with E-state index in [9.17, 15) is 13.2 Å². The zero-order valence-corrected chi connectivity index (χ0v) is 16.2. The number of amides is 1. The first-order valence-corrected chi connectivity index (χ1v) is 9.94. The van der Waals surface area contributed by atoms with Crippen molar-refractivity contribution >= 4 is 33.3 Å². The second kappa shape index (κ2) is 7.12. The number of carbonyl (C=O) groups is 1. The third kappa shape index (κ3) is 4.01. The summed E-state index contributed by atoms with van der Waals surface area (Å²) in [6.07, 6.45) is 3.13. The van der Waals surface area contributed by atoms with E-state index in [4.69, 9.17) is 5.73 Å². The second-order valence-electron chi connectivity index (χ2n) is 6.67. The van der Waals surface area contributed by atoms with Crippen LogP contribution < -0.4 is 15.4 Å². The summed E-state index contributed by atoms with van der Waals surface area (Å²) in [7, 11) is 0.221. The molecule has 0 aliphatic carbocycles. The topological polar surface area (TPSA) is 122 Å². The van der Waals surface area contributed by atoms with Crippen LogP contribution in [-0.4, -0.2) is 61.6 Å². The zero-order chi connectivity index (χ0) is 19.8. The van der Waals surface area contributed by atoms with E-state index in [-0.39, 0.29) is 23.5 Å². The average molecular weight is 390 g/mol. The van der Waals surface area contributed by atoms with Crippen LogP contribution in [0.4, 0.5) is 17.3 Å². The summed E-state index contributed by atoms with van der Waals surface area (Å²) in [5.74, 6) is 0.359. The van der Waals surface area contributed by atoms with E-state index >= 15 is 0 Å². The van der Waals surface area contributed by atoms with Gasteiger partial charge in [0.25, 0.3) is 0 Å². The fraction of sp³-hybridized carbons (Fsp3) is 0.353. The summed E-state index contributed by atoms with van der Waals surface area (Å²) in [6.45, 7) is 1.72. The Bertz CT molecular complexity index is 976. The van der Waals surface area contributed by atoms with Crippen molar-refractivity contribution in [2.75, 3.05) is 41.7 Å². The van der Waals surface area contributed by atoms with Gasteiger partial charge >= 0.3 is 0 Å². The Labute approximate surface area is 158 Å². The molecule has 27 heavy (non-hydrogen) atoms. The number of anilines is 3. The number of hydrogen-bond donors (Lipinski definition) is 2. The van der Waals surface area contributed by atoms with Gasteiger partial charge in [-0.25, -0.2) is 18.4 Å². The standard InChI is InChI=1S/C17H22N6O3S/c1-11(24)21-16-7-12(4-5-19-16)13-6-15(17(18)20-8-13)23-9-14(22(2)3)10-27(23,25)26/h4-8,14H,9-10H2,1-3H3,(H2,18,20)(H,19,21,24). The lowest BCUT2D eigenvalue weighted by Gasteiger charge is -2.21. The number of nitrogens with one attached hydrogen (secondary N) is 1. The summed E-state index contributed by atoms with van der Waals surface area (Å²) in [5.41, 5.74) is 7.76. The van der Waals surface area contributed by atoms with Gasteiger partial charge in [-0.15, -0.1) is 0 Å². The minimum absolute atomic E-state index is 0.0333. The molecule has 3 rings (SSSR count). The molecule has 3 N–H and O–H groups in total. The van der Waals surface area contributed by atoms with Crippen LogP contribution in [0.3, 0.4) is 0 Å². The smallest absolute Gasteiger partial charge is 0.236 e. The minimum atomic E-state index is -3.48. The molecule has 1 atom stereocenters. The molecule has 3 heterocycles. The maximum atomic E-state index is 12.6. The normalized spacial score (nSPS) is 18.7. The van der Waals surface area contributed by atoms with Crippen molar-refractivity contribution in [2.45, 2.75) is 13.0 Å². The van der Waals surface area contributed by atoms with Crippen molar-refractivity contribution in [3.63, 3.8) is 0 Å². The lowest BCUT2D eigenvalue weighted by atomic mass is 10.1. The number of pyridine rings is 2. The quantitative estimate of drug-likeness (QED) is 0.790. The highest BCUT2D eigenvalue weighted by molar-refractivity contribution is 7.93. The van der Waals surface area contributed by atoms with E-state index in [1.807, 2.05) is 19.0 Å². The first-order valence-electron chi connectivity index (χ1n) is 8.34. The SMILES string of the molecule is CC(=O)Nc1cc(-c2cnc(N)c(N3CC(N(C)C)CS3(=O)=O)c2)ccn1. The number of sulfonamides is 1. The fourth-order valence-electron chi connectivity index (χ4n) is 2.93.